The average molecular weight is 290 g/mol. The molecule has 2 aromatic carbocycles. The third-order valence-corrected chi connectivity index (χ3v) is 4.02. The molecule has 0 atom stereocenters. The lowest BCUT2D eigenvalue weighted by atomic mass is 10.1. The molecule has 1 N–H and O–H groups in total. The minimum Gasteiger partial charge on any atom is -0.361 e. The number of aromatic amines is 1. The van der Waals surface area contributed by atoms with Gasteiger partial charge in [0.25, 0.3) is 0 Å². The maximum atomic E-state index is 3.34. The molecule has 0 bridgehead atoms. The van der Waals surface area contributed by atoms with E-state index in [1.54, 1.807) is 0 Å². The predicted molar refractivity (Wildman–Crippen MR) is 94.8 cm³/mol. The van der Waals surface area contributed by atoms with Crippen LogP contribution in [0.5, 0.6) is 0 Å². The Morgan fingerprint density at radius 2 is 1.91 bits per heavy atom. The zero-order valence-corrected chi connectivity index (χ0v) is 13.2. The molecule has 0 amide bonds. The molecule has 0 saturated carbocycles. The van der Waals surface area contributed by atoms with Crippen molar-refractivity contribution in [1.29, 1.82) is 0 Å². The summed E-state index contributed by atoms with van der Waals surface area (Å²) in [4.78, 5) is 5.66. The summed E-state index contributed by atoms with van der Waals surface area (Å²) in [6, 6.07) is 17.1. The smallest absolute Gasteiger partial charge is 0.0499 e. The van der Waals surface area contributed by atoms with Crippen LogP contribution in [0.3, 0.4) is 0 Å². The van der Waals surface area contributed by atoms with Crippen LogP contribution in [0.25, 0.3) is 17.0 Å². The third kappa shape index (κ3) is 3.29. The van der Waals surface area contributed by atoms with Crippen LogP contribution < -0.4 is 0 Å². The molecule has 2 nitrogen and oxygen atoms in total. The molecular formula is C20H22N2. The number of hydrogen-bond donors (Lipinski definition) is 1. The van der Waals surface area contributed by atoms with E-state index in [1.807, 2.05) is 6.20 Å². The summed E-state index contributed by atoms with van der Waals surface area (Å²) < 4.78 is 0. The lowest BCUT2D eigenvalue weighted by Gasteiger charge is -2.15. The Balaban J connectivity index is 1.64. The van der Waals surface area contributed by atoms with Gasteiger partial charge in [0, 0.05) is 24.8 Å². The van der Waals surface area contributed by atoms with E-state index in [9.17, 15) is 0 Å². The molecule has 1 heterocycles. The Morgan fingerprint density at radius 1 is 1.05 bits per heavy atom. The van der Waals surface area contributed by atoms with Crippen LogP contribution in [0.1, 0.15) is 16.7 Å². The Labute approximate surface area is 132 Å². The number of aromatic nitrogens is 1. The van der Waals surface area contributed by atoms with Crippen molar-refractivity contribution in [2.75, 3.05) is 13.6 Å². The molecule has 0 spiro atoms. The van der Waals surface area contributed by atoms with Gasteiger partial charge in [-0.3, -0.25) is 4.90 Å². The van der Waals surface area contributed by atoms with Gasteiger partial charge in [-0.15, -0.1) is 0 Å². The summed E-state index contributed by atoms with van der Waals surface area (Å²) in [5.74, 6) is 0. The molecule has 0 unspecified atom stereocenters. The summed E-state index contributed by atoms with van der Waals surface area (Å²) in [7, 11) is 2.16. The van der Waals surface area contributed by atoms with Crippen molar-refractivity contribution in [3.63, 3.8) is 0 Å². The number of nitrogens with zero attached hydrogens (tertiary/aromatic N) is 1. The fourth-order valence-electron chi connectivity index (χ4n) is 2.77. The van der Waals surface area contributed by atoms with Gasteiger partial charge in [-0.25, -0.2) is 0 Å². The van der Waals surface area contributed by atoms with Crippen molar-refractivity contribution in [1.82, 2.24) is 9.88 Å². The molecule has 0 aliphatic carbocycles. The lowest BCUT2D eigenvalue weighted by molar-refractivity contribution is 0.365. The van der Waals surface area contributed by atoms with E-state index in [0.717, 1.165) is 13.1 Å². The maximum absolute atomic E-state index is 3.34. The number of hydrogen-bond acceptors (Lipinski definition) is 1. The van der Waals surface area contributed by atoms with Gasteiger partial charge < -0.3 is 4.98 Å². The highest BCUT2D eigenvalue weighted by Gasteiger charge is 2.04. The van der Waals surface area contributed by atoms with Crippen molar-refractivity contribution in [2.45, 2.75) is 13.5 Å². The number of rotatable bonds is 5. The first kappa shape index (κ1) is 14.6. The minimum absolute atomic E-state index is 0.936. The highest BCUT2D eigenvalue weighted by Crippen LogP contribution is 2.18. The molecular weight excluding hydrogens is 268 g/mol. The second-order valence-electron chi connectivity index (χ2n) is 5.81. The van der Waals surface area contributed by atoms with Gasteiger partial charge in [-0.05, 0) is 42.1 Å². The van der Waals surface area contributed by atoms with Crippen LogP contribution in [-0.4, -0.2) is 23.5 Å². The summed E-state index contributed by atoms with van der Waals surface area (Å²) in [6.45, 7) is 4.02. The van der Waals surface area contributed by atoms with Crippen molar-refractivity contribution in [3.8, 4) is 0 Å². The van der Waals surface area contributed by atoms with E-state index in [4.69, 9.17) is 0 Å². The van der Waals surface area contributed by atoms with Crippen LogP contribution in [-0.2, 0) is 6.54 Å². The van der Waals surface area contributed by atoms with Crippen molar-refractivity contribution >= 4 is 17.0 Å². The van der Waals surface area contributed by atoms with Crippen molar-refractivity contribution < 1.29 is 0 Å². The van der Waals surface area contributed by atoms with E-state index in [0.29, 0.717) is 0 Å². The molecule has 0 fully saturated rings. The summed E-state index contributed by atoms with van der Waals surface area (Å²) in [5, 5.41) is 1.28. The van der Waals surface area contributed by atoms with Crippen molar-refractivity contribution in [2.24, 2.45) is 0 Å². The average Bonchev–Trinajstić information content (AvgIpc) is 2.99. The van der Waals surface area contributed by atoms with Crippen LogP contribution in [0.4, 0.5) is 0 Å². The van der Waals surface area contributed by atoms with Gasteiger partial charge in [0.2, 0.25) is 0 Å². The largest absolute Gasteiger partial charge is 0.361 e. The van der Waals surface area contributed by atoms with Gasteiger partial charge in [0.15, 0.2) is 0 Å². The highest BCUT2D eigenvalue weighted by molar-refractivity contribution is 5.82. The summed E-state index contributed by atoms with van der Waals surface area (Å²) in [6.07, 6.45) is 6.45. The van der Waals surface area contributed by atoms with Gasteiger partial charge in [-0.2, -0.15) is 0 Å². The number of benzene rings is 2. The van der Waals surface area contributed by atoms with Crippen LogP contribution >= 0.6 is 0 Å². The number of fused-ring (bicyclic) bond motifs is 1. The van der Waals surface area contributed by atoms with Crippen LogP contribution in [0.15, 0.2) is 60.8 Å². The maximum Gasteiger partial charge on any atom is 0.0499 e. The first-order chi connectivity index (χ1) is 10.7. The van der Waals surface area contributed by atoms with Crippen LogP contribution in [0.2, 0.25) is 0 Å². The lowest BCUT2D eigenvalue weighted by Crippen LogP contribution is -2.17. The Kier molecular flexibility index (Phi) is 4.40. The Hall–Kier alpha value is -2.32. The Morgan fingerprint density at radius 3 is 2.77 bits per heavy atom. The zero-order chi connectivity index (χ0) is 15.4. The quantitative estimate of drug-likeness (QED) is 0.726. The third-order valence-electron chi connectivity index (χ3n) is 4.02. The highest BCUT2D eigenvalue weighted by atomic mass is 15.1. The number of para-hydroxylation sites is 1. The van der Waals surface area contributed by atoms with E-state index in [-0.39, 0.29) is 0 Å². The van der Waals surface area contributed by atoms with E-state index in [1.165, 1.54) is 27.6 Å². The standard InChI is InChI=1S/C20H22N2/c1-16-7-3-4-8-17(16)11-6-14-22(2)15-19-10-5-9-18-12-13-21-20(18)19/h3-13,21H,14-15H2,1-2H3. The summed E-state index contributed by atoms with van der Waals surface area (Å²) in [5.41, 5.74) is 5.20. The van der Waals surface area contributed by atoms with Crippen molar-refractivity contribution in [3.05, 3.63) is 77.5 Å². The van der Waals surface area contributed by atoms with Gasteiger partial charge in [0.05, 0.1) is 0 Å². The number of likely N-dealkylation sites (N-methyl/N-ethyl adjacent to an activating group) is 1. The van der Waals surface area contributed by atoms with Gasteiger partial charge in [-0.1, -0.05) is 54.6 Å². The molecule has 0 aliphatic rings. The molecule has 0 radical (unpaired) electrons. The number of aryl methyl sites for hydroxylation is 1. The fraction of sp³-hybridized carbons (Fsp3) is 0.200. The van der Waals surface area contributed by atoms with Gasteiger partial charge in [0.1, 0.15) is 0 Å². The molecule has 3 rings (SSSR count). The number of nitrogens with one attached hydrogen (secondary N) is 1. The monoisotopic (exact) mass is 290 g/mol. The SMILES string of the molecule is Cc1ccccc1C=CCN(C)Cc1cccc2cc[nH]c12. The molecule has 22 heavy (non-hydrogen) atoms. The topological polar surface area (TPSA) is 19.0 Å². The van der Waals surface area contributed by atoms with E-state index >= 15 is 0 Å². The second kappa shape index (κ2) is 6.63. The molecule has 112 valence electrons. The molecule has 2 heteroatoms. The zero-order valence-electron chi connectivity index (χ0n) is 13.2. The number of H-pyrrole nitrogens is 1. The van der Waals surface area contributed by atoms with Crippen LogP contribution in [0, 0.1) is 6.92 Å². The first-order valence-corrected chi connectivity index (χ1v) is 7.70. The van der Waals surface area contributed by atoms with Gasteiger partial charge >= 0.3 is 0 Å². The second-order valence-corrected chi connectivity index (χ2v) is 5.81. The minimum atomic E-state index is 0.936. The molecule has 1 aromatic heterocycles. The Bertz CT molecular complexity index is 783. The predicted octanol–water partition coefficient (Wildman–Crippen LogP) is 4.62. The molecule has 0 aliphatic heterocycles. The summed E-state index contributed by atoms with van der Waals surface area (Å²) >= 11 is 0. The van der Waals surface area contributed by atoms with E-state index < -0.39 is 0 Å². The molecule has 0 saturated heterocycles. The normalized spacial score (nSPS) is 11.8. The van der Waals surface area contributed by atoms with E-state index in [2.05, 4.69) is 84.5 Å². The first-order valence-electron chi connectivity index (χ1n) is 7.70. The molecule has 3 aromatic rings. The fourth-order valence-corrected chi connectivity index (χ4v) is 2.77.